The van der Waals surface area contributed by atoms with Crippen molar-refractivity contribution in [2.24, 2.45) is 11.8 Å². The highest BCUT2D eigenvalue weighted by molar-refractivity contribution is 7.18. The third-order valence-corrected chi connectivity index (χ3v) is 7.91. The molecular formula is C25H30FNO5S. The normalized spacial score (nSPS) is 25.4. The van der Waals surface area contributed by atoms with Crippen LogP contribution in [0.1, 0.15) is 58.3 Å². The van der Waals surface area contributed by atoms with Crippen molar-refractivity contribution >= 4 is 29.1 Å². The Hall–Kier alpha value is -2.45. The molecule has 2 aliphatic carbocycles. The number of nitrogens with zero attached hydrogens (tertiary/aromatic N) is 1. The van der Waals surface area contributed by atoms with E-state index in [2.05, 4.69) is 6.92 Å². The van der Waals surface area contributed by atoms with E-state index in [0.29, 0.717) is 47.7 Å². The van der Waals surface area contributed by atoms with Gasteiger partial charge in [0.05, 0.1) is 11.8 Å². The van der Waals surface area contributed by atoms with Crippen LogP contribution in [0.15, 0.2) is 30.3 Å². The predicted molar refractivity (Wildman–Crippen MR) is 125 cm³/mol. The van der Waals surface area contributed by atoms with Crippen LogP contribution in [0.3, 0.4) is 0 Å². The average molecular weight is 476 g/mol. The first-order valence-corrected chi connectivity index (χ1v) is 12.4. The van der Waals surface area contributed by atoms with Gasteiger partial charge < -0.3 is 19.8 Å². The monoisotopic (exact) mass is 475 g/mol. The van der Waals surface area contributed by atoms with Gasteiger partial charge in [0.15, 0.2) is 0 Å². The van der Waals surface area contributed by atoms with E-state index in [0.717, 1.165) is 37.0 Å². The molecule has 1 heterocycles. The Labute approximate surface area is 197 Å². The number of thiophene rings is 1. The first-order chi connectivity index (χ1) is 15.8. The minimum Gasteiger partial charge on any atom is -0.449 e. The Morgan fingerprint density at radius 2 is 1.76 bits per heavy atom. The summed E-state index contributed by atoms with van der Waals surface area (Å²) in [6.07, 6.45) is 4.20. The number of carboxylic acid groups (broad SMARTS) is 1. The molecule has 1 aromatic heterocycles. The molecule has 2 aromatic rings. The summed E-state index contributed by atoms with van der Waals surface area (Å²) in [4.78, 5) is 27.6. The van der Waals surface area contributed by atoms with Gasteiger partial charge in [0.2, 0.25) is 11.0 Å². The number of carbonyl (C=O) groups excluding carboxylic acids is 1. The van der Waals surface area contributed by atoms with Crippen LogP contribution in [0.2, 0.25) is 0 Å². The van der Waals surface area contributed by atoms with Crippen molar-refractivity contribution in [1.82, 2.24) is 0 Å². The Morgan fingerprint density at radius 1 is 1.06 bits per heavy atom. The minimum atomic E-state index is -1.46. The summed E-state index contributed by atoms with van der Waals surface area (Å²) in [5.74, 6) is 0.0676. The number of hydrogen-bond acceptors (Lipinski definition) is 5. The van der Waals surface area contributed by atoms with Gasteiger partial charge in [0, 0.05) is 16.8 Å². The van der Waals surface area contributed by atoms with Gasteiger partial charge in [-0.2, -0.15) is 0 Å². The molecule has 2 fully saturated rings. The lowest BCUT2D eigenvalue weighted by Gasteiger charge is -2.38. The second kappa shape index (κ2) is 10.2. The second-order valence-corrected chi connectivity index (χ2v) is 10.3. The Bertz CT molecular complexity index is 992. The highest BCUT2D eigenvalue weighted by Gasteiger charge is 2.37. The van der Waals surface area contributed by atoms with E-state index < -0.39 is 12.0 Å². The number of hydrogen-bond donors (Lipinski definition) is 2. The van der Waals surface area contributed by atoms with E-state index in [1.807, 2.05) is 0 Å². The van der Waals surface area contributed by atoms with E-state index in [-0.39, 0.29) is 29.0 Å². The quantitative estimate of drug-likeness (QED) is 0.512. The topological polar surface area (TPSA) is 87.1 Å². The molecule has 2 N–H and O–H groups in total. The van der Waals surface area contributed by atoms with Crippen molar-refractivity contribution in [2.45, 2.75) is 70.4 Å². The van der Waals surface area contributed by atoms with E-state index in [1.54, 1.807) is 23.1 Å². The SMILES string of the molecule is CC1CCC(C(=O)N(c2cc(-c3cccc(F)c3)sc2OC(=O)O)C2CCC(O)CC2)CC1. The van der Waals surface area contributed by atoms with Crippen molar-refractivity contribution < 1.29 is 28.9 Å². The Balaban J connectivity index is 1.74. The number of aliphatic hydroxyl groups excluding tert-OH is 1. The molecule has 0 spiro atoms. The van der Waals surface area contributed by atoms with Crippen LogP contribution in [-0.4, -0.2) is 34.4 Å². The van der Waals surface area contributed by atoms with Gasteiger partial charge in [0.25, 0.3) is 0 Å². The van der Waals surface area contributed by atoms with Gasteiger partial charge in [-0.05, 0) is 81.0 Å². The summed E-state index contributed by atoms with van der Waals surface area (Å²) in [5.41, 5.74) is 1.02. The number of halogens is 1. The molecule has 4 rings (SSSR count). The summed E-state index contributed by atoms with van der Waals surface area (Å²) >= 11 is 1.09. The van der Waals surface area contributed by atoms with E-state index in [4.69, 9.17) is 4.74 Å². The molecule has 0 atom stereocenters. The summed E-state index contributed by atoms with van der Waals surface area (Å²) < 4.78 is 19.0. The summed E-state index contributed by atoms with van der Waals surface area (Å²) in [6, 6.07) is 7.66. The van der Waals surface area contributed by atoms with Crippen LogP contribution in [-0.2, 0) is 4.79 Å². The van der Waals surface area contributed by atoms with Crippen LogP contribution >= 0.6 is 11.3 Å². The fourth-order valence-corrected chi connectivity index (χ4v) is 5.97. The molecule has 2 aliphatic rings. The highest BCUT2D eigenvalue weighted by atomic mass is 32.1. The molecule has 8 heteroatoms. The number of amides is 1. The minimum absolute atomic E-state index is 0.0119. The van der Waals surface area contributed by atoms with Gasteiger partial charge in [-0.3, -0.25) is 4.79 Å². The maximum Gasteiger partial charge on any atom is 0.512 e. The van der Waals surface area contributed by atoms with Crippen LogP contribution in [0, 0.1) is 17.7 Å². The molecule has 0 bridgehead atoms. The number of benzene rings is 1. The summed E-state index contributed by atoms with van der Waals surface area (Å²) in [5, 5.41) is 19.5. The van der Waals surface area contributed by atoms with Gasteiger partial charge >= 0.3 is 6.16 Å². The van der Waals surface area contributed by atoms with Crippen molar-refractivity contribution in [2.75, 3.05) is 4.90 Å². The smallest absolute Gasteiger partial charge is 0.449 e. The Morgan fingerprint density at radius 3 is 2.39 bits per heavy atom. The van der Waals surface area contributed by atoms with Gasteiger partial charge in [0.1, 0.15) is 5.82 Å². The van der Waals surface area contributed by atoms with Gasteiger partial charge in [-0.1, -0.05) is 30.4 Å². The van der Waals surface area contributed by atoms with Crippen LogP contribution in [0.5, 0.6) is 5.06 Å². The fourth-order valence-electron chi connectivity index (χ4n) is 4.98. The summed E-state index contributed by atoms with van der Waals surface area (Å²) in [6.45, 7) is 2.20. The number of rotatable bonds is 5. The average Bonchev–Trinajstić information content (AvgIpc) is 3.18. The zero-order valence-electron chi connectivity index (χ0n) is 18.7. The van der Waals surface area contributed by atoms with E-state index >= 15 is 0 Å². The molecule has 0 aliphatic heterocycles. The van der Waals surface area contributed by atoms with Crippen LogP contribution in [0.25, 0.3) is 10.4 Å². The molecule has 2 saturated carbocycles. The fraction of sp³-hybridized carbons (Fsp3) is 0.520. The zero-order chi connectivity index (χ0) is 23.5. The lowest BCUT2D eigenvalue weighted by atomic mass is 9.81. The molecular weight excluding hydrogens is 445 g/mol. The first kappa shape index (κ1) is 23.7. The van der Waals surface area contributed by atoms with Crippen molar-refractivity contribution in [3.05, 3.63) is 36.1 Å². The molecule has 0 radical (unpaired) electrons. The molecule has 178 valence electrons. The largest absolute Gasteiger partial charge is 0.512 e. The molecule has 1 aromatic carbocycles. The third kappa shape index (κ3) is 5.55. The maximum absolute atomic E-state index is 13.9. The Kier molecular flexibility index (Phi) is 7.34. The first-order valence-electron chi connectivity index (χ1n) is 11.6. The highest BCUT2D eigenvalue weighted by Crippen LogP contribution is 2.46. The standard InChI is InChI=1S/C25H30FNO5S/c1-15-5-7-16(8-6-15)23(29)27(19-9-11-20(28)12-10-19)21-14-22(33-24(21)32-25(30)31)17-3-2-4-18(26)13-17/h2-4,13-16,19-20,28H,5-12H2,1H3,(H,30,31). The van der Waals surface area contributed by atoms with E-state index in [1.165, 1.54) is 12.1 Å². The van der Waals surface area contributed by atoms with Crippen LogP contribution < -0.4 is 9.64 Å². The molecule has 1 amide bonds. The molecule has 6 nitrogen and oxygen atoms in total. The van der Waals surface area contributed by atoms with E-state index in [9.17, 15) is 24.2 Å². The van der Waals surface area contributed by atoms with Crippen LogP contribution in [0.4, 0.5) is 14.9 Å². The second-order valence-electron chi connectivity index (χ2n) is 9.29. The lowest BCUT2D eigenvalue weighted by molar-refractivity contribution is -0.124. The third-order valence-electron chi connectivity index (χ3n) is 6.86. The number of ether oxygens (including phenoxy) is 1. The lowest BCUT2D eigenvalue weighted by Crippen LogP contribution is -2.46. The number of aliphatic hydroxyl groups is 1. The number of anilines is 1. The number of carbonyl (C=O) groups is 2. The molecule has 33 heavy (non-hydrogen) atoms. The van der Waals surface area contributed by atoms with Gasteiger partial charge in [-0.15, -0.1) is 0 Å². The maximum atomic E-state index is 13.9. The van der Waals surface area contributed by atoms with Gasteiger partial charge in [-0.25, -0.2) is 9.18 Å². The molecule has 0 saturated heterocycles. The summed E-state index contributed by atoms with van der Waals surface area (Å²) in [7, 11) is 0. The van der Waals surface area contributed by atoms with Crippen molar-refractivity contribution in [1.29, 1.82) is 0 Å². The zero-order valence-corrected chi connectivity index (χ0v) is 19.5. The van der Waals surface area contributed by atoms with Crippen molar-refractivity contribution in [3.63, 3.8) is 0 Å². The molecule has 0 unspecified atom stereocenters. The predicted octanol–water partition coefficient (Wildman–Crippen LogP) is 6.07. The van der Waals surface area contributed by atoms with Crippen molar-refractivity contribution in [3.8, 4) is 15.5 Å².